The van der Waals surface area contributed by atoms with E-state index in [0.29, 0.717) is 5.69 Å². The predicted molar refractivity (Wildman–Crippen MR) is 94.2 cm³/mol. The molecule has 0 spiro atoms. The number of isocyanates is 1. The van der Waals surface area contributed by atoms with Crippen LogP contribution in [0.25, 0.3) is 16.7 Å². The zero-order valence-corrected chi connectivity index (χ0v) is 12.6. The summed E-state index contributed by atoms with van der Waals surface area (Å²) in [6.07, 6.45) is 1.61. The van der Waals surface area contributed by atoms with Gasteiger partial charge in [0.2, 0.25) is 6.08 Å². The summed E-state index contributed by atoms with van der Waals surface area (Å²) in [5, 5.41) is 0. The Hall–Kier alpha value is -3.22. The van der Waals surface area contributed by atoms with Crippen LogP contribution in [0.4, 0.5) is 5.69 Å². The van der Waals surface area contributed by atoms with Gasteiger partial charge in [0.25, 0.3) is 0 Å². The first-order chi connectivity index (χ1) is 11.3. The number of carbonyl (C=O) groups excluding carboxylic acids is 1. The number of aliphatic imine (C=N–C) groups is 1. The van der Waals surface area contributed by atoms with Gasteiger partial charge >= 0.3 is 0 Å². The minimum atomic E-state index is 0.579. The number of hydrogen-bond acceptors (Lipinski definition) is 2. The van der Waals surface area contributed by atoms with E-state index in [4.69, 9.17) is 0 Å². The summed E-state index contributed by atoms with van der Waals surface area (Å²) >= 11 is 0. The van der Waals surface area contributed by atoms with Gasteiger partial charge in [-0.3, -0.25) is 0 Å². The zero-order valence-electron chi connectivity index (χ0n) is 12.6. The van der Waals surface area contributed by atoms with Crippen LogP contribution >= 0.6 is 0 Å². The van der Waals surface area contributed by atoms with Crippen LogP contribution in [0.5, 0.6) is 0 Å². The van der Waals surface area contributed by atoms with Crippen LogP contribution in [0.1, 0.15) is 11.1 Å². The minimum Gasteiger partial charge on any atom is -0.211 e. The van der Waals surface area contributed by atoms with Crippen molar-refractivity contribution in [1.29, 1.82) is 0 Å². The first-order valence-electron chi connectivity index (χ1n) is 7.32. The summed E-state index contributed by atoms with van der Waals surface area (Å²) in [6.45, 7) is 4.23. The minimum absolute atomic E-state index is 0.579. The lowest BCUT2D eigenvalue weighted by Crippen LogP contribution is -1.91. The molecular formula is C21H15NO. The van der Waals surface area contributed by atoms with Gasteiger partial charge in [0.1, 0.15) is 0 Å². The highest BCUT2D eigenvalue weighted by Gasteiger charge is 2.12. The first kappa shape index (κ1) is 14.7. The molecule has 0 amide bonds. The van der Waals surface area contributed by atoms with Crippen molar-refractivity contribution in [2.75, 3.05) is 0 Å². The van der Waals surface area contributed by atoms with E-state index in [1.165, 1.54) is 0 Å². The molecule has 0 radical (unpaired) electrons. The predicted octanol–water partition coefficient (Wildman–Crippen LogP) is 5.38. The maximum Gasteiger partial charge on any atom is 0.240 e. The average molecular weight is 297 g/mol. The third-order valence-electron chi connectivity index (χ3n) is 3.73. The van der Waals surface area contributed by atoms with Gasteiger partial charge in [0.15, 0.2) is 0 Å². The molecule has 2 nitrogen and oxygen atoms in total. The molecule has 0 fully saturated rings. The van der Waals surface area contributed by atoms with E-state index in [1.54, 1.807) is 12.1 Å². The second-order valence-corrected chi connectivity index (χ2v) is 5.11. The molecule has 3 aromatic carbocycles. The third kappa shape index (κ3) is 3.03. The van der Waals surface area contributed by atoms with Gasteiger partial charge in [-0.2, -0.15) is 4.99 Å². The van der Waals surface area contributed by atoms with Gasteiger partial charge in [-0.1, -0.05) is 79.4 Å². The van der Waals surface area contributed by atoms with E-state index >= 15 is 0 Å². The lowest BCUT2D eigenvalue weighted by molar-refractivity contribution is 0.565. The summed E-state index contributed by atoms with van der Waals surface area (Å²) in [6, 6.07) is 25.7. The molecule has 0 aliphatic heterocycles. The monoisotopic (exact) mass is 297 g/mol. The molecule has 0 atom stereocenters. The van der Waals surface area contributed by atoms with Gasteiger partial charge in [-0.25, -0.2) is 4.79 Å². The van der Waals surface area contributed by atoms with Gasteiger partial charge in [-0.05, 0) is 28.3 Å². The van der Waals surface area contributed by atoms with Crippen LogP contribution in [0.2, 0.25) is 0 Å². The maximum atomic E-state index is 10.7. The molecule has 0 aliphatic rings. The molecule has 110 valence electrons. The molecule has 0 unspecified atom stereocenters. The molecular weight excluding hydrogens is 282 g/mol. The highest BCUT2D eigenvalue weighted by molar-refractivity contribution is 5.91. The van der Waals surface area contributed by atoms with Crippen LogP contribution < -0.4 is 0 Å². The van der Waals surface area contributed by atoms with E-state index in [2.05, 4.69) is 29.8 Å². The Labute approximate surface area is 135 Å². The number of hydrogen-bond donors (Lipinski definition) is 0. The number of rotatable bonds is 4. The van der Waals surface area contributed by atoms with Crippen molar-refractivity contribution in [2.45, 2.75) is 0 Å². The van der Waals surface area contributed by atoms with Crippen LogP contribution in [0.15, 0.2) is 90.4 Å². The molecule has 3 aromatic rings. The number of benzene rings is 3. The molecule has 0 saturated carbocycles. The lowest BCUT2D eigenvalue weighted by Gasteiger charge is -2.14. The van der Waals surface area contributed by atoms with Crippen molar-refractivity contribution in [1.82, 2.24) is 0 Å². The molecule has 2 heteroatoms. The second-order valence-electron chi connectivity index (χ2n) is 5.11. The van der Waals surface area contributed by atoms with E-state index < -0.39 is 0 Å². The topological polar surface area (TPSA) is 29.4 Å². The van der Waals surface area contributed by atoms with Crippen LogP contribution in [-0.2, 0) is 4.79 Å². The van der Waals surface area contributed by atoms with Crippen molar-refractivity contribution in [3.63, 3.8) is 0 Å². The summed E-state index contributed by atoms with van der Waals surface area (Å²) in [5.74, 6) is 0. The fraction of sp³-hybridized carbons (Fsp3) is 0. The van der Waals surface area contributed by atoms with Crippen LogP contribution in [0, 0.1) is 0 Å². The third-order valence-corrected chi connectivity index (χ3v) is 3.73. The van der Waals surface area contributed by atoms with Crippen molar-refractivity contribution in [3.05, 3.63) is 96.6 Å². The van der Waals surface area contributed by atoms with Crippen LogP contribution in [-0.4, -0.2) is 6.08 Å². The zero-order chi connectivity index (χ0) is 16.1. The molecule has 0 saturated heterocycles. The smallest absolute Gasteiger partial charge is 0.211 e. The van der Waals surface area contributed by atoms with Crippen molar-refractivity contribution in [3.8, 4) is 11.1 Å². The standard InChI is InChI=1S/C21H15NO/c1-16(19-12-7-8-14-21(19)22-15-23)18-11-5-6-13-20(18)17-9-3-2-4-10-17/h2-14H,1H2. The Morgan fingerprint density at radius 2 is 1.39 bits per heavy atom. The van der Waals surface area contributed by atoms with Crippen molar-refractivity contribution < 1.29 is 4.79 Å². The van der Waals surface area contributed by atoms with E-state index in [-0.39, 0.29) is 0 Å². The SMILES string of the molecule is C=C(c1ccccc1N=C=O)c1ccccc1-c1ccccc1. The first-order valence-corrected chi connectivity index (χ1v) is 7.32. The molecule has 0 N–H and O–H groups in total. The molecule has 0 aliphatic carbocycles. The van der Waals surface area contributed by atoms with E-state index in [1.807, 2.05) is 54.6 Å². The Morgan fingerprint density at radius 1 is 0.783 bits per heavy atom. The second kappa shape index (κ2) is 6.69. The molecule has 0 aromatic heterocycles. The number of nitrogens with zero attached hydrogens (tertiary/aromatic N) is 1. The fourth-order valence-corrected chi connectivity index (χ4v) is 2.64. The lowest BCUT2D eigenvalue weighted by atomic mass is 9.91. The summed E-state index contributed by atoms with van der Waals surface area (Å²) in [4.78, 5) is 14.4. The largest absolute Gasteiger partial charge is 0.240 e. The van der Waals surface area contributed by atoms with Gasteiger partial charge in [0.05, 0.1) is 5.69 Å². The van der Waals surface area contributed by atoms with Crippen molar-refractivity contribution >= 4 is 17.3 Å². The molecule has 3 rings (SSSR count). The van der Waals surface area contributed by atoms with Gasteiger partial charge in [-0.15, -0.1) is 0 Å². The molecule has 0 heterocycles. The normalized spacial score (nSPS) is 9.91. The Bertz CT molecular complexity index is 890. The summed E-state index contributed by atoms with van der Waals surface area (Å²) < 4.78 is 0. The number of para-hydroxylation sites is 1. The Morgan fingerprint density at radius 3 is 2.13 bits per heavy atom. The Kier molecular flexibility index (Phi) is 4.28. The maximum absolute atomic E-state index is 10.7. The van der Waals surface area contributed by atoms with Crippen LogP contribution in [0.3, 0.4) is 0 Å². The highest BCUT2D eigenvalue weighted by Crippen LogP contribution is 2.35. The van der Waals surface area contributed by atoms with Gasteiger partial charge < -0.3 is 0 Å². The Balaban J connectivity index is 2.14. The van der Waals surface area contributed by atoms with Crippen molar-refractivity contribution in [2.24, 2.45) is 4.99 Å². The molecule has 0 bridgehead atoms. The highest BCUT2D eigenvalue weighted by atomic mass is 16.1. The average Bonchev–Trinajstić information content (AvgIpc) is 2.63. The van der Waals surface area contributed by atoms with E-state index in [9.17, 15) is 4.79 Å². The fourth-order valence-electron chi connectivity index (χ4n) is 2.64. The quantitative estimate of drug-likeness (QED) is 0.469. The van der Waals surface area contributed by atoms with Gasteiger partial charge in [0, 0.05) is 5.56 Å². The molecule has 23 heavy (non-hydrogen) atoms. The summed E-state index contributed by atoms with van der Waals surface area (Å²) in [5.41, 5.74) is 5.49. The van der Waals surface area contributed by atoms with E-state index in [0.717, 1.165) is 27.8 Å². The summed E-state index contributed by atoms with van der Waals surface area (Å²) in [7, 11) is 0.